The summed E-state index contributed by atoms with van der Waals surface area (Å²) in [7, 11) is 2.53. The number of rotatable bonds is 10. The Balaban J connectivity index is 1.18. The van der Waals surface area contributed by atoms with E-state index in [-0.39, 0.29) is 47.6 Å². The predicted molar refractivity (Wildman–Crippen MR) is 202 cm³/mol. The van der Waals surface area contributed by atoms with Crippen molar-refractivity contribution in [2.75, 3.05) is 27.3 Å². The van der Waals surface area contributed by atoms with Gasteiger partial charge in [-0.15, -0.1) is 11.3 Å². The Morgan fingerprint density at radius 1 is 0.852 bits per heavy atom. The maximum Gasteiger partial charge on any atom is 0.407 e. The third kappa shape index (κ3) is 7.79. The van der Waals surface area contributed by atoms with Gasteiger partial charge in [-0.25, -0.2) is 23.9 Å². The molecule has 4 aromatic rings. The number of methoxy groups -OCH3 is 2. The highest BCUT2D eigenvalue weighted by Crippen LogP contribution is 2.40. The van der Waals surface area contributed by atoms with Crippen molar-refractivity contribution in [2.24, 2.45) is 23.7 Å². The maximum absolute atomic E-state index is 15.8. The Morgan fingerprint density at radius 2 is 1.41 bits per heavy atom. The molecule has 4 amide bonds. The number of benzene rings is 1. The number of carbonyl (C=O) groups is 4. The number of alkyl carbamates (subject to hydrolysis) is 2. The lowest BCUT2D eigenvalue weighted by Gasteiger charge is -2.30. The second kappa shape index (κ2) is 15.8. The van der Waals surface area contributed by atoms with E-state index in [9.17, 15) is 19.2 Å². The average Bonchev–Trinajstić information content (AvgIpc) is 3.97. The lowest BCUT2D eigenvalue weighted by molar-refractivity contribution is -0.136. The van der Waals surface area contributed by atoms with Gasteiger partial charge in [0.1, 0.15) is 34.4 Å². The zero-order valence-corrected chi connectivity index (χ0v) is 32.7. The van der Waals surface area contributed by atoms with E-state index in [2.05, 4.69) is 39.4 Å². The maximum atomic E-state index is 15.8. The number of halogens is 1. The minimum Gasteiger partial charge on any atom is -0.453 e. The van der Waals surface area contributed by atoms with Crippen molar-refractivity contribution in [1.82, 2.24) is 40.4 Å². The SMILES string of the molecule is COC(=O)N[C@H](C(=O)N1C[C@@H](C)C[C@H]1c1nc2sc(-c3ccc(-c4cnc([C@H]5C[C@@H](C)CN5C(=O)[C@H](NC(=O)OC)C(C)C)[nH]4)c(F)c3)cc2[nH]1)C(C)C. The fourth-order valence-corrected chi connectivity index (χ4v) is 8.51. The highest BCUT2D eigenvalue weighted by Gasteiger charge is 2.41. The quantitative estimate of drug-likeness (QED) is 0.144. The Kier molecular flexibility index (Phi) is 11.3. The van der Waals surface area contributed by atoms with E-state index >= 15 is 4.39 Å². The predicted octanol–water partition coefficient (Wildman–Crippen LogP) is 6.40. The summed E-state index contributed by atoms with van der Waals surface area (Å²) in [5.74, 6) is 0.532. The Labute approximate surface area is 317 Å². The van der Waals surface area contributed by atoms with Crippen molar-refractivity contribution in [3.05, 3.63) is 47.9 Å². The molecule has 54 heavy (non-hydrogen) atoms. The lowest BCUT2D eigenvalue weighted by atomic mass is 10.0. The first-order chi connectivity index (χ1) is 25.7. The van der Waals surface area contributed by atoms with Gasteiger partial charge in [0, 0.05) is 23.5 Å². The summed E-state index contributed by atoms with van der Waals surface area (Å²) >= 11 is 1.43. The number of aromatic nitrogens is 4. The normalized spacial score (nSPS) is 21.2. The van der Waals surface area contributed by atoms with Crippen LogP contribution in [0, 0.1) is 29.5 Å². The van der Waals surface area contributed by atoms with Crippen LogP contribution in [0.1, 0.15) is 78.1 Å². The number of hydrogen-bond donors (Lipinski definition) is 4. The van der Waals surface area contributed by atoms with Crippen molar-refractivity contribution in [2.45, 2.75) is 78.6 Å². The molecule has 0 spiro atoms. The fourth-order valence-electron chi connectivity index (χ4n) is 7.51. The average molecular weight is 765 g/mol. The monoisotopic (exact) mass is 764 g/mol. The number of fused-ring (bicyclic) bond motifs is 1. The molecule has 2 aliphatic rings. The van der Waals surface area contributed by atoms with Crippen molar-refractivity contribution in [3.8, 4) is 21.7 Å². The molecule has 290 valence electrons. The van der Waals surface area contributed by atoms with Crippen LogP contribution in [0.2, 0.25) is 0 Å². The van der Waals surface area contributed by atoms with Crippen LogP contribution in [0.15, 0.2) is 30.5 Å². The van der Waals surface area contributed by atoms with E-state index in [4.69, 9.17) is 14.5 Å². The van der Waals surface area contributed by atoms with E-state index in [1.54, 1.807) is 22.1 Å². The number of amides is 4. The summed E-state index contributed by atoms with van der Waals surface area (Å²) in [6.07, 6.45) is 1.66. The number of imidazole rings is 2. The molecule has 1 aromatic carbocycles. The van der Waals surface area contributed by atoms with Crippen molar-refractivity contribution < 1.29 is 33.0 Å². The Morgan fingerprint density at radius 3 is 1.91 bits per heavy atom. The summed E-state index contributed by atoms with van der Waals surface area (Å²) in [6.45, 7) is 12.7. The molecule has 14 nitrogen and oxygen atoms in total. The standard InChI is InChI=1S/C38H49FN8O6S/c1-18(2)30(43-37(50)52-7)35(48)46-16-20(5)11-27(46)32-40-15-26(42-32)23-10-9-22(13-24(23)39)29-14-25-34(54-29)45-33(41-25)28-12-21(6)17-47(28)36(49)31(19(3)4)44-38(51)53-8/h9-10,13-15,18-21,27-28,30-31H,11-12,16-17H2,1-8H3,(H,40,42)(H,41,45)(H,43,50)(H,44,51)/t20-,21+,27-,28+,30-,31+/m1/s1. The van der Waals surface area contributed by atoms with E-state index < -0.39 is 30.1 Å². The molecule has 6 rings (SSSR count). The van der Waals surface area contributed by atoms with Crippen LogP contribution in [0.5, 0.6) is 0 Å². The number of likely N-dealkylation sites (tertiary alicyclic amines) is 2. The number of thiophene rings is 1. The van der Waals surface area contributed by atoms with E-state index in [1.807, 2.05) is 39.8 Å². The summed E-state index contributed by atoms with van der Waals surface area (Å²) < 4.78 is 25.3. The first-order valence-corrected chi connectivity index (χ1v) is 19.1. The molecule has 2 aliphatic heterocycles. The van der Waals surface area contributed by atoms with E-state index in [0.29, 0.717) is 48.0 Å². The number of hydrogen-bond acceptors (Lipinski definition) is 9. The summed E-state index contributed by atoms with van der Waals surface area (Å²) in [6, 6.07) is 4.85. The highest BCUT2D eigenvalue weighted by atomic mass is 32.1. The summed E-state index contributed by atoms with van der Waals surface area (Å²) in [4.78, 5) is 72.5. The lowest BCUT2D eigenvalue weighted by Crippen LogP contribution is -2.51. The van der Waals surface area contributed by atoms with Crippen LogP contribution in [0.25, 0.3) is 32.0 Å². The van der Waals surface area contributed by atoms with E-state index in [1.165, 1.54) is 31.6 Å². The topological polar surface area (TPSA) is 175 Å². The Bertz CT molecular complexity index is 1990. The zero-order chi connectivity index (χ0) is 39.0. The van der Waals surface area contributed by atoms with Gasteiger partial charge in [-0.2, -0.15) is 0 Å². The minimum absolute atomic E-state index is 0.143. The first-order valence-electron chi connectivity index (χ1n) is 18.3. The minimum atomic E-state index is -0.764. The van der Waals surface area contributed by atoms with Gasteiger partial charge in [0.2, 0.25) is 11.8 Å². The van der Waals surface area contributed by atoms with Crippen molar-refractivity contribution >= 4 is 45.7 Å². The van der Waals surface area contributed by atoms with Gasteiger partial charge >= 0.3 is 12.2 Å². The van der Waals surface area contributed by atoms with Crippen molar-refractivity contribution in [1.29, 1.82) is 0 Å². The van der Waals surface area contributed by atoms with Crippen LogP contribution in [-0.4, -0.2) is 93.1 Å². The third-order valence-electron chi connectivity index (χ3n) is 10.3. The van der Waals surface area contributed by atoms with Crippen LogP contribution < -0.4 is 10.6 Å². The van der Waals surface area contributed by atoms with Crippen molar-refractivity contribution in [3.63, 3.8) is 0 Å². The molecule has 0 aliphatic carbocycles. The smallest absolute Gasteiger partial charge is 0.407 e. The van der Waals surface area contributed by atoms with Gasteiger partial charge in [0.05, 0.1) is 43.7 Å². The molecule has 5 heterocycles. The first kappa shape index (κ1) is 38.7. The van der Waals surface area contributed by atoms with Gasteiger partial charge in [-0.3, -0.25) is 9.59 Å². The van der Waals surface area contributed by atoms with Crippen LogP contribution in [-0.2, 0) is 19.1 Å². The molecule has 3 aromatic heterocycles. The van der Waals surface area contributed by atoms with Crippen LogP contribution in [0.3, 0.4) is 0 Å². The molecule has 6 atom stereocenters. The molecule has 16 heteroatoms. The molecule has 0 unspecified atom stereocenters. The molecule has 2 saturated heterocycles. The summed E-state index contributed by atoms with van der Waals surface area (Å²) in [5.41, 5.74) is 2.31. The van der Waals surface area contributed by atoms with Crippen LogP contribution in [0.4, 0.5) is 14.0 Å². The number of carbonyl (C=O) groups excluding carboxylic acids is 4. The van der Waals surface area contributed by atoms with Gasteiger partial charge < -0.3 is 39.9 Å². The number of ether oxygens (including phenoxy) is 2. The number of H-pyrrole nitrogens is 2. The zero-order valence-electron chi connectivity index (χ0n) is 31.9. The molecule has 0 saturated carbocycles. The molecular formula is C38H49FN8O6S. The number of nitrogens with zero attached hydrogens (tertiary/aromatic N) is 4. The second-order valence-electron chi connectivity index (χ2n) is 15.2. The Hall–Kier alpha value is -4.99. The van der Waals surface area contributed by atoms with Gasteiger partial charge in [-0.1, -0.05) is 47.6 Å². The molecule has 0 bridgehead atoms. The largest absolute Gasteiger partial charge is 0.453 e. The molecular weight excluding hydrogens is 716 g/mol. The molecule has 4 N–H and O–H groups in total. The van der Waals surface area contributed by atoms with E-state index in [0.717, 1.165) is 21.6 Å². The third-order valence-corrected chi connectivity index (χ3v) is 11.4. The van der Waals surface area contributed by atoms with Gasteiger partial charge in [0.15, 0.2) is 0 Å². The number of nitrogens with one attached hydrogen (secondary N) is 4. The fraction of sp³-hybridized carbons (Fsp3) is 0.526. The van der Waals surface area contributed by atoms with Crippen LogP contribution >= 0.6 is 11.3 Å². The number of aromatic amines is 2. The summed E-state index contributed by atoms with van der Waals surface area (Å²) in [5, 5.41) is 5.35. The second-order valence-corrected chi connectivity index (χ2v) is 16.3. The van der Waals surface area contributed by atoms with Gasteiger partial charge in [0.25, 0.3) is 0 Å². The highest BCUT2D eigenvalue weighted by molar-refractivity contribution is 7.21. The van der Waals surface area contributed by atoms with Gasteiger partial charge in [-0.05, 0) is 60.3 Å². The molecule has 0 radical (unpaired) electrons. The molecule has 2 fully saturated rings.